The monoisotopic (exact) mass is 302 g/mol. The van der Waals surface area contributed by atoms with Crippen LogP contribution in [0.1, 0.15) is 0 Å². The first-order valence-corrected chi connectivity index (χ1v) is 4.74. The maximum atomic E-state index is 10.6. The van der Waals surface area contributed by atoms with Crippen molar-refractivity contribution in [2.24, 2.45) is 0 Å². The first-order valence-electron chi connectivity index (χ1n) is 4.74. The molecule has 0 aromatic heterocycles. The van der Waals surface area contributed by atoms with Crippen LogP contribution in [-0.4, -0.2) is 4.92 Å². The van der Waals surface area contributed by atoms with Crippen LogP contribution in [0, 0.1) is 16.2 Å². The van der Waals surface area contributed by atoms with E-state index in [1.54, 1.807) is 6.07 Å². The van der Waals surface area contributed by atoms with Gasteiger partial charge >= 0.3 is 32.7 Å². The largest absolute Gasteiger partial charge is 3.00 e. The maximum Gasteiger partial charge on any atom is 3.00 e. The fraction of sp³-hybridized carbons (Fsp3) is 0. The average molecular weight is 302 g/mol. The molecule has 80 valence electrons. The van der Waals surface area contributed by atoms with Gasteiger partial charge in [-0.3, -0.25) is 10.1 Å². The number of benzene rings is 2. The Labute approximate surface area is 124 Å². The Morgan fingerprint density at radius 3 is 2.47 bits per heavy atom. The summed E-state index contributed by atoms with van der Waals surface area (Å²) in [6, 6.07) is 16.8. The van der Waals surface area contributed by atoms with E-state index in [2.05, 4.69) is 11.4 Å². The summed E-state index contributed by atoms with van der Waals surface area (Å²) in [5, 5.41) is 13.6. The molecule has 17 heavy (non-hydrogen) atoms. The number of para-hydroxylation sites is 1. The molecule has 5 heteroatoms. The van der Waals surface area contributed by atoms with E-state index in [0.717, 1.165) is 5.69 Å². The second kappa shape index (κ2) is 6.47. The predicted molar refractivity (Wildman–Crippen MR) is 61.7 cm³/mol. The normalized spacial score (nSPS) is 9.18. The number of nitro groups is 1. The Hall–Kier alpha value is -1.26. The van der Waals surface area contributed by atoms with Crippen LogP contribution in [0.2, 0.25) is 0 Å². The zero-order valence-electron chi connectivity index (χ0n) is 8.96. The molecule has 0 saturated carbocycles. The molecule has 0 aliphatic heterocycles. The summed E-state index contributed by atoms with van der Waals surface area (Å²) in [4.78, 5) is 10.1. The maximum absolute atomic E-state index is 10.6. The molecule has 0 heterocycles. The molecule has 0 aliphatic rings. The molecule has 0 unspecified atom stereocenters. The molecule has 1 N–H and O–H groups in total. The van der Waals surface area contributed by atoms with Gasteiger partial charge in [0.25, 0.3) is 0 Å². The summed E-state index contributed by atoms with van der Waals surface area (Å²) in [6.45, 7) is 0. The Morgan fingerprint density at radius 1 is 1.12 bits per heavy atom. The zero-order chi connectivity index (χ0) is 11.4. The van der Waals surface area contributed by atoms with Gasteiger partial charge in [-0.25, -0.2) is 0 Å². The third-order valence-corrected chi connectivity index (χ3v) is 2.05. The summed E-state index contributed by atoms with van der Waals surface area (Å²) < 4.78 is 0. The number of anilines is 2. The molecule has 2 rings (SSSR count). The average Bonchev–Trinajstić information content (AvgIpc) is 2.30. The number of nitro benzene ring substituents is 1. The van der Waals surface area contributed by atoms with Crippen molar-refractivity contribution in [3.63, 3.8) is 0 Å². The second-order valence-corrected chi connectivity index (χ2v) is 3.21. The van der Waals surface area contributed by atoms with E-state index in [-0.39, 0.29) is 38.4 Å². The van der Waals surface area contributed by atoms with Crippen LogP contribution >= 0.6 is 0 Å². The molecule has 2 aromatic rings. The van der Waals surface area contributed by atoms with Crippen LogP contribution in [0.25, 0.3) is 0 Å². The number of non-ortho nitro benzene ring substituents is 1. The van der Waals surface area contributed by atoms with Crippen LogP contribution in [0.15, 0.2) is 48.5 Å². The van der Waals surface area contributed by atoms with E-state index in [0.29, 0.717) is 5.69 Å². The molecule has 0 fully saturated rings. The van der Waals surface area contributed by atoms with Crippen LogP contribution in [0.5, 0.6) is 0 Å². The van der Waals surface area contributed by atoms with Crippen molar-refractivity contribution in [3.05, 3.63) is 64.7 Å². The van der Waals surface area contributed by atoms with Gasteiger partial charge in [-0.05, 0) is 12.1 Å². The molecule has 4 nitrogen and oxygen atoms in total. The van der Waals surface area contributed by atoms with Gasteiger partial charge in [0.2, 0.25) is 0 Å². The third kappa shape index (κ3) is 3.91. The number of nitrogens with one attached hydrogen (secondary N) is 1. The van der Waals surface area contributed by atoms with Crippen LogP contribution in [0.3, 0.4) is 0 Å². The minimum atomic E-state index is -0.462. The standard InChI is InChI=1S/C12H9N2O2.Y/c15-14(16)12-8-4-7-11(9-12)13-10-5-2-1-3-6-10;/h1-7,9,13H;/q-1;+3. The molecule has 0 spiro atoms. The van der Waals surface area contributed by atoms with E-state index in [4.69, 9.17) is 0 Å². The minimum Gasteiger partial charge on any atom is -0.378 e. The van der Waals surface area contributed by atoms with Crippen molar-refractivity contribution in [1.29, 1.82) is 0 Å². The Morgan fingerprint density at radius 2 is 1.82 bits per heavy atom. The third-order valence-electron chi connectivity index (χ3n) is 2.05. The van der Waals surface area contributed by atoms with Gasteiger partial charge in [0.15, 0.2) is 5.69 Å². The van der Waals surface area contributed by atoms with Gasteiger partial charge in [0.05, 0.1) is 0 Å². The van der Waals surface area contributed by atoms with Crippen LogP contribution in [0.4, 0.5) is 17.1 Å². The van der Waals surface area contributed by atoms with Gasteiger partial charge < -0.3 is 5.32 Å². The van der Waals surface area contributed by atoms with Gasteiger partial charge in [0, 0.05) is 10.6 Å². The minimum absolute atomic E-state index is 0. The van der Waals surface area contributed by atoms with Crippen molar-refractivity contribution in [2.45, 2.75) is 0 Å². The van der Waals surface area contributed by atoms with E-state index in [1.165, 1.54) is 12.1 Å². The van der Waals surface area contributed by atoms with E-state index in [1.807, 2.05) is 30.3 Å². The quantitative estimate of drug-likeness (QED) is 0.538. The van der Waals surface area contributed by atoms with Crippen molar-refractivity contribution in [1.82, 2.24) is 0 Å². The smallest absolute Gasteiger partial charge is 0.378 e. The van der Waals surface area contributed by atoms with Gasteiger partial charge in [0.1, 0.15) is 0 Å². The Balaban J connectivity index is 0.00000144. The molecule has 0 radical (unpaired) electrons. The van der Waals surface area contributed by atoms with E-state index < -0.39 is 4.92 Å². The van der Waals surface area contributed by atoms with Crippen molar-refractivity contribution in [3.8, 4) is 0 Å². The fourth-order valence-corrected chi connectivity index (χ4v) is 1.33. The first kappa shape index (κ1) is 13.8. The molecule has 2 aromatic carbocycles. The molecular weight excluding hydrogens is 293 g/mol. The van der Waals surface area contributed by atoms with Gasteiger partial charge in [-0.15, -0.1) is 12.1 Å². The predicted octanol–water partition coefficient (Wildman–Crippen LogP) is 3.14. The topological polar surface area (TPSA) is 55.2 Å². The summed E-state index contributed by atoms with van der Waals surface area (Å²) >= 11 is 0. The van der Waals surface area contributed by atoms with Gasteiger partial charge in [-0.1, -0.05) is 30.0 Å². The fourth-order valence-electron chi connectivity index (χ4n) is 1.33. The van der Waals surface area contributed by atoms with Crippen molar-refractivity contribution in [2.75, 3.05) is 5.32 Å². The summed E-state index contributed by atoms with van der Waals surface area (Å²) in [5.74, 6) is 0. The SMILES string of the molecule is O=[N+]([O-])c1[c-]ccc(Nc2ccccc2)c1.[Y+3]. The first-order chi connectivity index (χ1) is 7.75. The molecule has 0 atom stereocenters. The number of nitrogens with zero attached hydrogens (tertiary/aromatic N) is 1. The Bertz CT molecular complexity index is 503. The van der Waals surface area contributed by atoms with Crippen LogP contribution in [-0.2, 0) is 32.7 Å². The van der Waals surface area contributed by atoms with Gasteiger partial charge in [-0.2, -0.15) is 6.07 Å². The van der Waals surface area contributed by atoms with E-state index in [9.17, 15) is 10.1 Å². The van der Waals surface area contributed by atoms with Crippen molar-refractivity contribution >= 4 is 17.1 Å². The number of hydrogen-bond acceptors (Lipinski definition) is 3. The second-order valence-electron chi connectivity index (χ2n) is 3.21. The van der Waals surface area contributed by atoms with Crippen molar-refractivity contribution < 1.29 is 37.6 Å². The number of rotatable bonds is 3. The van der Waals surface area contributed by atoms with E-state index >= 15 is 0 Å². The molecular formula is C12H9N2O2Y+2. The zero-order valence-corrected chi connectivity index (χ0v) is 11.8. The Kier molecular flexibility index (Phi) is 5.26. The molecule has 0 bridgehead atoms. The molecule has 0 saturated heterocycles. The number of hydrogen-bond donors (Lipinski definition) is 1. The summed E-state index contributed by atoms with van der Waals surface area (Å²) in [6.07, 6.45) is 0. The molecule has 0 aliphatic carbocycles. The van der Waals surface area contributed by atoms with Crippen LogP contribution < -0.4 is 5.32 Å². The summed E-state index contributed by atoms with van der Waals surface area (Å²) in [5.41, 5.74) is 1.53. The summed E-state index contributed by atoms with van der Waals surface area (Å²) in [7, 11) is 0. The molecule has 0 amide bonds.